The van der Waals surface area contributed by atoms with E-state index in [9.17, 15) is 4.79 Å². The first-order valence-corrected chi connectivity index (χ1v) is 12.0. The number of hydrogen-bond donors (Lipinski definition) is 1. The number of rotatable bonds is 5. The molecule has 5 rings (SSSR count). The molecule has 0 radical (unpaired) electrons. The Labute approximate surface area is 194 Å². The van der Waals surface area contributed by atoms with E-state index in [2.05, 4.69) is 45.9 Å². The van der Waals surface area contributed by atoms with Crippen molar-refractivity contribution in [3.8, 4) is 0 Å². The maximum atomic E-state index is 13.8. The van der Waals surface area contributed by atoms with Crippen molar-refractivity contribution in [1.29, 1.82) is 0 Å². The van der Waals surface area contributed by atoms with E-state index in [-0.39, 0.29) is 35.7 Å². The summed E-state index contributed by atoms with van der Waals surface area (Å²) in [4.78, 5) is 19.4. The van der Waals surface area contributed by atoms with Gasteiger partial charge < -0.3 is 9.57 Å². The molecule has 2 saturated heterocycles. The van der Waals surface area contributed by atoms with Crippen LogP contribution in [-0.4, -0.2) is 18.0 Å². The minimum atomic E-state index is -0.233. The predicted octanol–water partition coefficient (Wildman–Crippen LogP) is 5.45. The molecule has 0 aromatic heterocycles. The first kappa shape index (κ1) is 21.7. The largest absolute Gasteiger partial charge is 0.415 e. The molecule has 2 aromatic rings. The smallest absolute Gasteiger partial charge is 0.173 e. The van der Waals surface area contributed by atoms with Gasteiger partial charge in [-0.3, -0.25) is 4.79 Å². The predicted molar refractivity (Wildman–Crippen MR) is 126 cm³/mol. The van der Waals surface area contributed by atoms with Gasteiger partial charge >= 0.3 is 0 Å². The number of carbonyl (C=O) groups excluding carboxylic acids is 1. The summed E-state index contributed by atoms with van der Waals surface area (Å²) in [6.07, 6.45) is 2.19. The lowest BCUT2D eigenvalue weighted by atomic mass is 9.71. The number of allylic oxidation sites excluding steroid dienone is 1. The average Bonchev–Trinajstić information content (AvgIpc) is 3.43. The molecular formula is C27H30ClNO3. The lowest BCUT2D eigenvalue weighted by Crippen LogP contribution is -2.34. The van der Waals surface area contributed by atoms with E-state index in [1.165, 1.54) is 16.7 Å². The third-order valence-corrected chi connectivity index (χ3v) is 8.01. The van der Waals surface area contributed by atoms with Crippen molar-refractivity contribution < 1.29 is 14.4 Å². The zero-order valence-electron chi connectivity index (χ0n) is 19.1. The highest BCUT2D eigenvalue weighted by Crippen LogP contribution is 2.59. The summed E-state index contributed by atoms with van der Waals surface area (Å²) in [5.41, 5.74) is 7.52. The number of aryl methyl sites for hydroxylation is 4. The maximum Gasteiger partial charge on any atom is 0.173 e. The number of ketones is 1. The molecule has 1 aliphatic carbocycles. The second-order valence-corrected chi connectivity index (χ2v) is 9.80. The Bertz CT molecular complexity index is 1090. The van der Waals surface area contributed by atoms with Crippen molar-refractivity contribution in [2.24, 2.45) is 17.7 Å². The summed E-state index contributed by atoms with van der Waals surface area (Å²) < 4.78 is 6.39. The highest BCUT2D eigenvalue weighted by atomic mass is 35.5. The molecule has 2 bridgehead atoms. The van der Waals surface area contributed by atoms with Crippen molar-refractivity contribution in [1.82, 2.24) is 0 Å². The quantitative estimate of drug-likeness (QED) is 0.613. The highest BCUT2D eigenvalue weighted by molar-refractivity contribution is 6.31. The van der Waals surface area contributed by atoms with Crippen LogP contribution < -0.4 is 5.90 Å². The fourth-order valence-corrected chi connectivity index (χ4v) is 6.80. The number of carbonyl (C=O) groups is 1. The van der Waals surface area contributed by atoms with E-state index in [4.69, 9.17) is 27.1 Å². The molecule has 4 nitrogen and oxygen atoms in total. The highest BCUT2D eigenvalue weighted by Gasteiger charge is 2.63. The zero-order valence-corrected chi connectivity index (χ0v) is 19.8. The number of fused-ring (bicyclic) bond motifs is 5. The summed E-state index contributed by atoms with van der Waals surface area (Å²) >= 11 is 6.62. The Morgan fingerprint density at radius 2 is 1.81 bits per heavy atom. The Morgan fingerprint density at radius 1 is 1.12 bits per heavy atom. The Hall–Kier alpha value is -2.14. The van der Waals surface area contributed by atoms with E-state index in [1.54, 1.807) is 0 Å². The summed E-state index contributed by atoms with van der Waals surface area (Å²) in [5, 5.41) is 0.756. The number of benzene rings is 2. The van der Waals surface area contributed by atoms with Crippen molar-refractivity contribution in [3.63, 3.8) is 0 Å². The zero-order chi connectivity index (χ0) is 22.7. The minimum absolute atomic E-state index is 0.116. The van der Waals surface area contributed by atoms with Gasteiger partial charge in [0.15, 0.2) is 5.78 Å². The number of Topliss-reactive ketones (excluding diaryl/α,β-unsaturated/α-hetero) is 1. The molecule has 2 aromatic carbocycles. The summed E-state index contributed by atoms with van der Waals surface area (Å²) in [6.45, 7) is 8.45. The summed E-state index contributed by atoms with van der Waals surface area (Å²) in [7, 11) is 0. The SMILES string of the molecule is CCc1cc(C)cc(CC)c1C1=C(ON)[C@@H]2C3OC(CC3c3c(C)cccc3Cl)[C@@H]2C1=O. The van der Waals surface area contributed by atoms with Crippen LogP contribution in [0.15, 0.2) is 36.1 Å². The lowest BCUT2D eigenvalue weighted by Gasteiger charge is -2.29. The van der Waals surface area contributed by atoms with Gasteiger partial charge in [-0.25, -0.2) is 0 Å². The van der Waals surface area contributed by atoms with Crippen LogP contribution >= 0.6 is 11.6 Å². The van der Waals surface area contributed by atoms with E-state index in [0.29, 0.717) is 11.3 Å². The number of nitrogens with two attached hydrogens (primary N) is 1. The van der Waals surface area contributed by atoms with Gasteiger partial charge in [-0.2, -0.15) is 5.90 Å². The molecule has 0 spiro atoms. The second-order valence-electron chi connectivity index (χ2n) is 9.39. The molecule has 0 saturated carbocycles. The number of ether oxygens (including phenoxy) is 1. The van der Waals surface area contributed by atoms with Gasteiger partial charge in [0.25, 0.3) is 0 Å². The summed E-state index contributed by atoms with van der Waals surface area (Å²) in [6, 6.07) is 10.3. The van der Waals surface area contributed by atoms with Crippen LogP contribution in [0.1, 0.15) is 59.6 Å². The fraction of sp³-hybridized carbons (Fsp3) is 0.444. The molecule has 3 aliphatic rings. The molecule has 5 atom stereocenters. The van der Waals surface area contributed by atoms with Crippen molar-refractivity contribution in [3.05, 3.63) is 74.5 Å². The van der Waals surface area contributed by atoms with E-state index in [0.717, 1.165) is 41.0 Å². The molecule has 5 heteroatoms. The molecule has 0 amide bonds. The molecular weight excluding hydrogens is 422 g/mol. The third kappa shape index (κ3) is 3.00. The van der Waals surface area contributed by atoms with Crippen LogP contribution in [0.2, 0.25) is 5.02 Å². The average molecular weight is 452 g/mol. The fourth-order valence-electron chi connectivity index (χ4n) is 6.44. The molecule has 2 fully saturated rings. The number of halogens is 1. The third-order valence-electron chi connectivity index (χ3n) is 7.68. The van der Waals surface area contributed by atoms with Gasteiger partial charge in [0.1, 0.15) is 5.76 Å². The van der Waals surface area contributed by atoms with Crippen LogP contribution in [-0.2, 0) is 27.2 Å². The van der Waals surface area contributed by atoms with E-state index >= 15 is 0 Å². The van der Waals surface area contributed by atoms with Gasteiger partial charge in [-0.05, 0) is 67.0 Å². The van der Waals surface area contributed by atoms with Crippen molar-refractivity contribution in [2.45, 2.75) is 65.1 Å². The Kier molecular flexibility index (Phi) is 5.43. The second kappa shape index (κ2) is 8.02. The maximum absolute atomic E-state index is 13.8. The van der Waals surface area contributed by atoms with Gasteiger partial charge in [0.2, 0.25) is 0 Å². The molecule has 2 aliphatic heterocycles. The van der Waals surface area contributed by atoms with E-state index in [1.807, 2.05) is 12.1 Å². The topological polar surface area (TPSA) is 61.6 Å². The Balaban J connectivity index is 1.65. The molecule has 2 N–H and O–H groups in total. The molecule has 2 heterocycles. The van der Waals surface area contributed by atoms with Crippen molar-refractivity contribution >= 4 is 23.0 Å². The minimum Gasteiger partial charge on any atom is -0.415 e. The normalized spacial score (nSPS) is 28.6. The molecule has 3 unspecified atom stereocenters. The molecule has 168 valence electrons. The van der Waals surface area contributed by atoms with Crippen LogP contribution in [0.3, 0.4) is 0 Å². The van der Waals surface area contributed by atoms with Crippen LogP contribution in [0.5, 0.6) is 0 Å². The Morgan fingerprint density at radius 3 is 2.41 bits per heavy atom. The first-order chi connectivity index (χ1) is 15.4. The standard InChI is InChI=1S/C27H30ClNO3/c1-5-15-10-13(3)11-16(6-2)21(15)23-25(30)22-19-12-17(20-14(4)8-7-9-18(20)28)26(31-19)24(22)27(23)32-29/h7-11,17,19,22,24,26H,5-6,12,29H2,1-4H3/t17?,19?,22-,24-,26?/m0/s1. The van der Waals surface area contributed by atoms with Crippen LogP contribution in [0.4, 0.5) is 0 Å². The van der Waals surface area contributed by atoms with Crippen molar-refractivity contribution in [2.75, 3.05) is 0 Å². The monoisotopic (exact) mass is 451 g/mol. The van der Waals surface area contributed by atoms with Gasteiger partial charge in [-0.15, -0.1) is 0 Å². The van der Waals surface area contributed by atoms with Crippen LogP contribution in [0.25, 0.3) is 5.57 Å². The van der Waals surface area contributed by atoms with Gasteiger partial charge in [0.05, 0.1) is 29.6 Å². The van der Waals surface area contributed by atoms with Gasteiger partial charge in [0, 0.05) is 10.9 Å². The summed E-state index contributed by atoms with van der Waals surface area (Å²) in [5.74, 6) is 6.31. The van der Waals surface area contributed by atoms with Gasteiger partial charge in [-0.1, -0.05) is 55.3 Å². The first-order valence-electron chi connectivity index (χ1n) is 11.6. The number of hydrogen-bond acceptors (Lipinski definition) is 4. The van der Waals surface area contributed by atoms with Crippen LogP contribution in [0, 0.1) is 25.7 Å². The lowest BCUT2D eigenvalue weighted by molar-refractivity contribution is -0.118. The molecule has 32 heavy (non-hydrogen) atoms. The van der Waals surface area contributed by atoms with E-state index < -0.39 is 0 Å².